The van der Waals surface area contributed by atoms with E-state index >= 15 is 0 Å². The van der Waals surface area contributed by atoms with Crippen LogP contribution in [0.25, 0.3) is 0 Å². The topological polar surface area (TPSA) is 80.5 Å². The van der Waals surface area contributed by atoms with Gasteiger partial charge in [0.05, 0.1) is 4.90 Å². The fraction of sp³-hybridized carbons (Fsp3) is 0.562. The molecule has 1 aliphatic heterocycles. The molecular formula is C16H24N2O3S. The predicted octanol–water partition coefficient (Wildman–Crippen LogP) is 1.60. The van der Waals surface area contributed by atoms with Gasteiger partial charge in [-0.2, -0.15) is 0 Å². The number of rotatable bonds is 3. The molecule has 2 rings (SSSR count). The van der Waals surface area contributed by atoms with Gasteiger partial charge in [0.15, 0.2) is 9.84 Å². The highest BCUT2D eigenvalue weighted by atomic mass is 32.2. The van der Waals surface area contributed by atoms with Gasteiger partial charge in [0, 0.05) is 31.0 Å². The van der Waals surface area contributed by atoms with E-state index in [1.165, 1.54) is 6.07 Å². The first-order valence-electron chi connectivity index (χ1n) is 7.57. The first-order valence-corrected chi connectivity index (χ1v) is 9.46. The lowest BCUT2D eigenvalue weighted by Gasteiger charge is -2.39. The molecular weight excluding hydrogens is 300 g/mol. The van der Waals surface area contributed by atoms with Crippen LogP contribution in [0.5, 0.6) is 0 Å². The van der Waals surface area contributed by atoms with Crippen LogP contribution >= 0.6 is 0 Å². The molecule has 122 valence electrons. The number of nitrogens with zero attached hydrogens (tertiary/aromatic N) is 1. The number of likely N-dealkylation sites (tertiary alicyclic amines) is 1. The summed E-state index contributed by atoms with van der Waals surface area (Å²) >= 11 is 0. The van der Waals surface area contributed by atoms with E-state index < -0.39 is 9.84 Å². The van der Waals surface area contributed by atoms with E-state index in [2.05, 4.69) is 6.92 Å². The van der Waals surface area contributed by atoms with Crippen LogP contribution in [-0.2, 0) is 9.84 Å². The van der Waals surface area contributed by atoms with Crippen LogP contribution in [-0.4, -0.2) is 44.6 Å². The summed E-state index contributed by atoms with van der Waals surface area (Å²) < 4.78 is 23.7. The van der Waals surface area contributed by atoms with Crippen molar-refractivity contribution in [3.8, 4) is 0 Å². The Labute approximate surface area is 132 Å². The molecule has 2 N–H and O–H groups in total. The van der Waals surface area contributed by atoms with Crippen molar-refractivity contribution >= 4 is 15.7 Å². The number of hydrogen-bond donors (Lipinski definition) is 1. The fourth-order valence-corrected chi connectivity index (χ4v) is 4.15. The summed E-state index contributed by atoms with van der Waals surface area (Å²) in [6.07, 6.45) is 3.18. The average Bonchev–Trinajstić information content (AvgIpc) is 2.45. The lowest BCUT2D eigenvalue weighted by Crippen LogP contribution is -2.51. The molecule has 0 aliphatic carbocycles. The Morgan fingerprint density at radius 3 is 2.68 bits per heavy atom. The highest BCUT2D eigenvalue weighted by molar-refractivity contribution is 7.90. The van der Waals surface area contributed by atoms with Crippen molar-refractivity contribution in [3.05, 3.63) is 29.3 Å². The van der Waals surface area contributed by atoms with Crippen molar-refractivity contribution in [2.24, 2.45) is 11.7 Å². The lowest BCUT2D eigenvalue weighted by molar-refractivity contribution is 0.0532. The third-order valence-electron chi connectivity index (χ3n) is 4.45. The van der Waals surface area contributed by atoms with E-state index in [1.807, 2.05) is 0 Å². The smallest absolute Gasteiger partial charge is 0.254 e. The molecule has 0 aromatic heterocycles. The zero-order valence-electron chi connectivity index (χ0n) is 13.4. The van der Waals surface area contributed by atoms with Crippen molar-refractivity contribution in [1.82, 2.24) is 4.90 Å². The van der Waals surface area contributed by atoms with Gasteiger partial charge < -0.3 is 10.6 Å². The monoisotopic (exact) mass is 324 g/mol. The molecule has 0 unspecified atom stereocenters. The van der Waals surface area contributed by atoms with Gasteiger partial charge in [-0.05, 0) is 43.4 Å². The van der Waals surface area contributed by atoms with E-state index in [0.717, 1.165) is 19.1 Å². The second kappa shape index (κ2) is 6.38. The first-order chi connectivity index (χ1) is 10.3. The number of amides is 1. The molecule has 6 heteroatoms. The van der Waals surface area contributed by atoms with E-state index in [9.17, 15) is 13.2 Å². The van der Waals surface area contributed by atoms with Crippen molar-refractivity contribution < 1.29 is 13.2 Å². The predicted molar refractivity (Wildman–Crippen MR) is 86.6 cm³/mol. The van der Waals surface area contributed by atoms with Gasteiger partial charge in [-0.25, -0.2) is 8.42 Å². The molecule has 1 heterocycles. The molecule has 1 aromatic carbocycles. The summed E-state index contributed by atoms with van der Waals surface area (Å²) in [5.41, 5.74) is 6.90. The normalized spacial score (nSPS) is 22.6. The minimum atomic E-state index is -3.35. The minimum absolute atomic E-state index is 0.0178. The standard InChI is InChI=1S/C16H24N2O3S/c1-11-5-4-8-18(14(11)10-17)16(19)13-7-6-12(2)15(9-13)22(3,20)21/h6-7,9,11,14H,4-5,8,10,17H2,1-3H3/t11-,14-/m1/s1. The maximum absolute atomic E-state index is 12.8. The number of nitrogens with two attached hydrogens (primary N) is 1. The Balaban J connectivity index is 2.37. The number of benzene rings is 1. The van der Waals surface area contributed by atoms with Crippen LogP contribution in [0, 0.1) is 12.8 Å². The summed E-state index contributed by atoms with van der Waals surface area (Å²) in [5, 5.41) is 0. The van der Waals surface area contributed by atoms with E-state index in [0.29, 0.717) is 30.1 Å². The van der Waals surface area contributed by atoms with Crippen molar-refractivity contribution in [2.45, 2.75) is 37.6 Å². The summed E-state index contributed by atoms with van der Waals surface area (Å²) in [4.78, 5) is 14.8. The quantitative estimate of drug-likeness (QED) is 0.916. The Bertz CT molecular complexity index is 670. The van der Waals surface area contributed by atoms with Crippen LogP contribution in [0.15, 0.2) is 23.1 Å². The number of hydrogen-bond acceptors (Lipinski definition) is 4. The zero-order valence-corrected chi connectivity index (χ0v) is 14.2. The SMILES string of the molecule is Cc1ccc(C(=O)N2CCC[C@@H](C)[C@H]2CN)cc1S(C)(=O)=O. The van der Waals surface area contributed by atoms with Crippen molar-refractivity contribution in [3.63, 3.8) is 0 Å². The highest BCUT2D eigenvalue weighted by Gasteiger charge is 2.31. The van der Waals surface area contributed by atoms with E-state index in [-0.39, 0.29) is 16.8 Å². The maximum Gasteiger partial charge on any atom is 0.254 e. The molecule has 0 saturated carbocycles. The largest absolute Gasteiger partial charge is 0.334 e. The average molecular weight is 324 g/mol. The second-order valence-electron chi connectivity index (χ2n) is 6.17. The molecule has 22 heavy (non-hydrogen) atoms. The Kier molecular flexibility index (Phi) is 4.92. The molecule has 0 radical (unpaired) electrons. The Morgan fingerprint density at radius 2 is 2.09 bits per heavy atom. The Morgan fingerprint density at radius 1 is 1.41 bits per heavy atom. The van der Waals surface area contributed by atoms with E-state index in [4.69, 9.17) is 5.73 Å². The van der Waals surface area contributed by atoms with Gasteiger partial charge in [0.1, 0.15) is 0 Å². The van der Waals surface area contributed by atoms with Crippen LogP contribution in [0.2, 0.25) is 0 Å². The molecule has 1 aliphatic rings. The number of aryl methyl sites for hydroxylation is 1. The summed E-state index contributed by atoms with van der Waals surface area (Å²) in [5.74, 6) is 0.231. The van der Waals surface area contributed by atoms with Gasteiger partial charge in [-0.3, -0.25) is 4.79 Å². The molecule has 1 amide bonds. The van der Waals surface area contributed by atoms with Gasteiger partial charge in [0.25, 0.3) is 5.91 Å². The second-order valence-corrected chi connectivity index (χ2v) is 8.16. The minimum Gasteiger partial charge on any atom is -0.334 e. The summed E-state index contributed by atoms with van der Waals surface area (Å²) in [6, 6.07) is 4.89. The zero-order chi connectivity index (χ0) is 16.5. The molecule has 1 aromatic rings. The number of carbonyl (C=O) groups is 1. The molecule has 5 nitrogen and oxygen atoms in total. The summed E-state index contributed by atoms with van der Waals surface area (Å²) in [6.45, 7) is 4.94. The molecule has 2 atom stereocenters. The Hall–Kier alpha value is -1.40. The van der Waals surface area contributed by atoms with Gasteiger partial charge in [-0.15, -0.1) is 0 Å². The van der Waals surface area contributed by atoms with Crippen LogP contribution in [0.4, 0.5) is 0 Å². The van der Waals surface area contributed by atoms with Gasteiger partial charge >= 0.3 is 0 Å². The highest BCUT2D eigenvalue weighted by Crippen LogP contribution is 2.25. The van der Waals surface area contributed by atoms with Gasteiger partial charge in [-0.1, -0.05) is 13.0 Å². The van der Waals surface area contributed by atoms with Crippen LogP contribution in [0.3, 0.4) is 0 Å². The van der Waals surface area contributed by atoms with Crippen LogP contribution in [0.1, 0.15) is 35.7 Å². The third-order valence-corrected chi connectivity index (χ3v) is 5.69. The van der Waals surface area contributed by atoms with Crippen LogP contribution < -0.4 is 5.73 Å². The van der Waals surface area contributed by atoms with Crippen molar-refractivity contribution in [2.75, 3.05) is 19.3 Å². The molecule has 1 fully saturated rings. The fourth-order valence-electron chi connectivity index (χ4n) is 3.16. The molecule has 0 bridgehead atoms. The van der Waals surface area contributed by atoms with Gasteiger partial charge in [0.2, 0.25) is 0 Å². The van der Waals surface area contributed by atoms with E-state index in [1.54, 1.807) is 24.0 Å². The summed E-state index contributed by atoms with van der Waals surface area (Å²) in [7, 11) is -3.35. The molecule has 0 spiro atoms. The number of carbonyl (C=O) groups excluding carboxylic acids is 1. The third kappa shape index (κ3) is 3.33. The van der Waals surface area contributed by atoms with Crippen molar-refractivity contribution in [1.29, 1.82) is 0 Å². The number of sulfone groups is 1. The molecule has 1 saturated heterocycles. The maximum atomic E-state index is 12.8. The lowest BCUT2D eigenvalue weighted by atomic mass is 9.90. The first kappa shape index (κ1) is 17.0. The number of piperidine rings is 1.